The number of nitrogens with zero attached hydrogens (tertiary/aromatic N) is 2. The number of thiazole rings is 1. The van der Waals surface area contributed by atoms with Crippen LogP contribution >= 0.6 is 11.3 Å². The lowest BCUT2D eigenvalue weighted by Crippen LogP contribution is -1.98. The summed E-state index contributed by atoms with van der Waals surface area (Å²) in [5.74, 6) is 0. The molecule has 0 amide bonds. The molecule has 0 atom stereocenters. The largest absolute Gasteiger partial charge is 0.357 e. The Morgan fingerprint density at radius 1 is 1.40 bits per heavy atom. The summed E-state index contributed by atoms with van der Waals surface area (Å²) in [5.41, 5.74) is 1.17. The average Bonchev–Trinajstić information content (AvgIpc) is 2.76. The Morgan fingerprint density at radius 3 is 3.00 bits per heavy atom. The van der Waals surface area contributed by atoms with E-state index in [-0.39, 0.29) is 0 Å². The fourth-order valence-corrected chi connectivity index (χ4v) is 1.98. The topological polar surface area (TPSA) is 37.8 Å². The number of nitrogens with one attached hydrogen (secondary N) is 1. The third-order valence-corrected chi connectivity index (χ3v) is 3.17. The summed E-state index contributed by atoms with van der Waals surface area (Å²) in [7, 11) is 0. The zero-order chi connectivity index (χ0) is 10.5. The SMILES string of the molecule is CCc1cnc(NCc2cccnc2)s1. The molecule has 0 unspecified atom stereocenters. The van der Waals surface area contributed by atoms with Crippen LogP contribution in [0.3, 0.4) is 0 Å². The highest BCUT2D eigenvalue weighted by atomic mass is 32.1. The number of aromatic nitrogens is 2. The number of hydrogen-bond donors (Lipinski definition) is 1. The van der Waals surface area contributed by atoms with Gasteiger partial charge in [-0.05, 0) is 18.1 Å². The van der Waals surface area contributed by atoms with Gasteiger partial charge in [0.05, 0.1) is 0 Å². The first kappa shape index (κ1) is 10.1. The lowest BCUT2D eigenvalue weighted by atomic mass is 10.3. The smallest absolute Gasteiger partial charge is 0.183 e. The van der Waals surface area contributed by atoms with Crippen LogP contribution in [-0.2, 0) is 13.0 Å². The lowest BCUT2D eigenvalue weighted by Gasteiger charge is -2.01. The summed E-state index contributed by atoms with van der Waals surface area (Å²) >= 11 is 1.71. The maximum atomic E-state index is 4.29. The van der Waals surface area contributed by atoms with Gasteiger partial charge in [0.15, 0.2) is 5.13 Å². The van der Waals surface area contributed by atoms with Gasteiger partial charge in [-0.1, -0.05) is 13.0 Å². The van der Waals surface area contributed by atoms with Crippen LogP contribution in [-0.4, -0.2) is 9.97 Å². The van der Waals surface area contributed by atoms with Crippen LogP contribution in [0.4, 0.5) is 5.13 Å². The van der Waals surface area contributed by atoms with Crippen molar-refractivity contribution in [2.45, 2.75) is 19.9 Å². The molecule has 0 radical (unpaired) electrons. The van der Waals surface area contributed by atoms with Crippen LogP contribution in [0.2, 0.25) is 0 Å². The Morgan fingerprint density at radius 2 is 2.33 bits per heavy atom. The summed E-state index contributed by atoms with van der Waals surface area (Å²) < 4.78 is 0. The molecule has 0 fully saturated rings. The first-order valence-corrected chi connectivity index (χ1v) is 5.77. The molecule has 2 aromatic heterocycles. The van der Waals surface area contributed by atoms with E-state index in [0.717, 1.165) is 18.1 Å². The normalized spacial score (nSPS) is 10.2. The van der Waals surface area contributed by atoms with E-state index in [1.165, 1.54) is 10.4 Å². The van der Waals surface area contributed by atoms with Crippen molar-refractivity contribution in [3.05, 3.63) is 41.2 Å². The Balaban J connectivity index is 1.93. The zero-order valence-electron chi connectivity index (χ0n) is 8.60. The van der Waals surface area contributed by atoms with Gasteiger partial charge in [-0.25, -0.2) is 4.98 Å². The van der Waals surface area contributed by atoms with Crippen LogP contribution in [0.15, 0.2) is 30.7 Å². The summed E-state index contributed by atoms with van der Waals surface area (Å²) in [4.78, 5) is 9.66. The Labute approximate surface area is 93.2 Å². The second-order valence-corrected chi connectivity index (χ2v) is 4.32. The van der Waals surface area contributed by atoms with Gasteiger partial charge in [0.1, 0.15) is 0 Å². The highest BCUT2D eigenvalue weighted by molar-refractivity contribution is 7.15. The van der Waals surface area contributed by atoms with Crippen molar-refractivity contribution in [2.24, 2.45) is 0 Å². The zero-order valence-corrected chi connectivity index (χ0v) is 9.42. The highest BCUT2D eigenvalue weighted by Gasteiger charge is 1.99. The molecule has 0 aliphatic carbocycles. The molecule has 0 spiro atoms. The molecule has 3 nitrogen and oxygen atoms in total. The Bertz CT molecular complexity index is 411. The predicted molar refractivity (Wildman–Crippen MR) is 63.1 cm³/mol. The van der Waals surface area contributed by atoms with Crippen molar-refractivity contribution in [3.8, 4) is 0 Å². The van der Waals surface area contributed by atoms with Gasteiger partial charge in [0.2, 0.25) is 0 Å². The molecule has 4 heteroatoms. The third kappa shape index (κ3) is 2.76. The molecule has 0 aromatic carbocycles. The van der Waals surface area contributed by atoms with Crippen molar-refractivity contribution in [1.82, 2.24) is 9.97 Å². The quantitative estimate of drug-likeness (QED) is 0.859. The molecule has 2 aromatic rings. The number of hydrogen-bond acceptors (Lipinski definition) is 4. The minimum absolute atomic E-state index is 0.782. The van der Waals surface area contributed by atoms with E-state index >= 15 is 0 Å². The van der Waals surface area contributed by atoms with Crippen molar-refractivity contribution in [3.63, 3.8) is 0 Å². The maximum absolute atomic E-state index is 4.29. The van der Waals surface area contributed by atoms with Gasteiger partial charge in [-0.15, -0.1) is 11.3 Å². The summed E-state index contributed by atoms with van der Waals surface area (Å²) in [5, 5.41) is 4.27. The highest BCUT2D eigenvalue weighted by Crippen LogP contribution is 2.18. The number of aryl methyl sites for hydroxylation is 1. The van der Waals surface area contributed by atoms with Crippen molar-refractivity contribution in [1.29, 1.82) is 0 Å². The maximum Gasteiger partial charge on any atom is 0.183 e. The van der Waals surface area contributed by atoms with Gasteiger partial charge in [0.25, 0.3) is 0 Å². The molecule has 2 heterocycles. The van der Waals surface area contributed by atoms with E-state index in [4.69, 9.17) is 0 Å². The molecule has 0 bridgehead atoms. The van der Waals surface area contributed by atoms with E-state index in [1.54, 1.807) is 17.5 Å². The summed E-state index contributed by atoms with van der Waals surface area (Å²) in [6, 6.07) is 3.99. The molecule has 2 rings (SSSR count). The monoisotopic (exact) mass is 219 g/mol. The van der Waals surface area contributed by atoms with Crippen LogP contribution < -0.4 is 5.32 Å². The first-order valence-electron chi connectivity index (χ1n) is 4.96. The molecule has 78 valence electrons. The second-order valence-electron chi connectivity index (χ2n) is 3.20. The second kappa shape index (κ2) is 4.89. The molecule has 0 saturated carbocycles. The molecule has 0 saturated heterocycles. The minimum atomic E-state index is 0.782. The van der Waals surface area contributed by atoms with E-state index in [1.807, 2.05) is 24.5 Å². The molecule has 0 aliphatic heterocycles. The number of anilines is 1. The average molecular weight is 219 g/mol. The van der Waals surface area contributed by atoms with Crippen molar-refractivity contribution in [2.75, 3.05) is 5.32 Å². The standard InChI is InChI=1S/C11H13N3S/c1-2-10-8-14-11(15-10)13-7-9-4-3-5-12-6-9/h3-6,8H,2,7H2,1H3,(H,13,14). The summed E-state index contributed by atoms with van der Waals surface area (Å²) in [6.45, 7) is 2.92. The van der Waals surface area contributed by atoms with Crippen molar-refractivity contribution >= 4 is 16.5 Å². The summed E-state index contributed by atoms with van der Waals surface area (Å²) in [6.07, 6.45) is 6.62. The molecular weight excluding hydrogens is 206 g/mol. The van der Waals surface area contributed by atoms with Crippen LogP contribution in [0, 0.1) is 0 Å². The third-order valence-electron chi connectivity index (χ3n) is 2.07. The molecule has 0 aliphatic rings. The Kier molecular flexibility index (Phi) is 3.29. The van der Waals surface area contributed by atoms with E-state index < -0.39 is 0 Å². The number of rotatable bonds is 4. The van der Waals surface area contributed by atoms with Crippen molar-refractivity contribution < 1.29 is 0 Å². The predicted octanol–water partition coefficient (Wildman–Crippen LogP) is 2.71. The molecule has 1 N–H and O–H groups in total. The van der Waals surface area contributed by atoms with Crippen LogP contribution in [0.1, 0.15) is 17.4 Å². The Hall–Kier alpha value is -1.42. The molecule has 15 heavy (non-hydrogen) atoms. The van der Waals surface area contributed by atoms with E-state index in [0.29, 0.717) is 0 Å². The van der Waals surface area contributed by atoms with E-state index in [2.05, 4.69) is 22.2 Å². The minimum Gasteiger partial charge on any atom is -0.357 e. The van der Waals surface area contributed by atoms with Gasteiger partial charge < -0.3 is 5.32 Å². The molecular formula is C11H13N3S. The van der Waals surface area contributed by atoms with Gasteiger partial charge in [-0.3, -0.25) is 4.98 Å². The lowest BCUT2D eigenvalue weighted by molar-refractivity contribution is 1.10. The van der Waals surface area contributed by atoms with Gasteiger partial charge in [-0.2, -0.15) is 0 Å². The number of pyridine rings is 1. The fraction of sp³-hybridized carbons (Fsp3) is 0.273. The van der Waals surface area contributed by atoms with Gasteiger partial charge in [0, 0.05) is 30.0 Å². The van der Waals surface area contributed by atoms with Crippen LogP contribution in [0.5, 0.6) is 0 Å². The van der Waals surface area contributed by atoms with Crippen LogP contribution in [0.25, 0.3) is 0 Å². The van der Waals surface area contributed by atoms with E-state index in [9.17, 15) is 0 Å². The van der Waals surface area contributed by atoms with Gasteiger partial charge >= 0.3 is 0 Å². The first-order chi connectivity index (χ1) is 7.38. The fourth-order valence-electron chi connectivity index (χ4n) is 1.23.